The van der Waals surface area contributed by atoms with Crippen LogP contribution >= 0.6 is 0 Å². The summed E-state index contributed by atoms with van der Waals surface area (Å²) in [6, 6.07) is 9.15. The van der Waals surface area contributed by atoms with Crippen LogP contribution in [0, 0.1) is 11.3 Å². The molecule has 0 bridgehead atoms. The smallest absolute Gasteiger partial charge is 0.0991 e. The van der Waals surface area contributed by atoms with Crippen LogP contribution in [0.2, 0.25) is 0 Å². The van der Waals surface area contributed by atoms with Gasteiger partial charge in [0, 0.05) is 7.11 Å². The van der Waals surface area contributed by atoms with Gasteiger partial charge < -0.3 is 10.5 Å². The lowest BCUT2D eigenvalue weighted by molar-refractivity contribution is 0.181. The van der Waals surface area contributed by atoms with Gasteiger partial charge in [-0.2, -0.15) is 5.26 Å². The van der Waals surface area contributed by atoms with Gasteiger partial charge in [-0.1, -0.05) is 12.1 Å². The first kappa shape index (κ1) is 9.72. The summed E-state index contributed by atoms with van der Waals surface area (Å²) in [6.07, 6.45) is 0. The Morgan fingerprint density at radius 1 is 1.46 bits per heavy atom. The minimum Gasteiger partial charge on any atom is -0.383 e. The van der Waals surface area contributed by atoms with Gasteiger partial charge in [0.1, 0.15) is 0 Å². The zero-order chi connectivity index (χ0) is 9.68. The molecule has 0 aliphatic heterocycles. The number of hydrogen-bond acceptors (Lipinski definition) is 3. The van der Waals surface area contributed by atoms with Crippen molar-refractivity contribution >= 4 is 0 Å². The molecule has 3 nitrogen and oxygen atoms in total. The van der Waals surface area contributed by atoms with E-state index >= 15 is 0 Å². The molecule has 0 amide bonds. The third kappa shape index (κ3) is 2.55. The zero-order valence-corrected chi connectivity index (χ0v) is 7.53. The van der Waals surface area contributed by atoms with E-state index in [9.17, 15) is 0 Å². The number of nitriles is 1. The van der Waals surface area contributed by atoms with Crippen molar-refractivity contribution in [3.8, 4) is 6.07 Å². The number of nitrogens with two attached hydrogens (primary N) is 1. The lowest BCUT2D eigenvalue weighted by Gasteiger charge is -2.09. The van der Waals surface area contributed by atoms with E-state index in [0.717, 1.165) is 5.56 Å². The molecular formula is C10H12N2O. The van der Waals surface area contributed by atoms with E-state index in [1.807, 2.05) is 12.1 Å². The molecule has 13 heavy (non-hydrogen) atoms. The van der Waals surface area contributed by atoms with Crippen molar-refractivity contribution in [3.05, 3.63) is 35.4 Å². The first-order valence-corrected chi connectivity index (χ1v) is 4.02. The van der Waals surface area contributed by atoms with Gasteiger partial charge in [0.2, 0.25) is 0 Å². The summed E-state index contributed by atoms with van der Waals surface area (Å²) in [5.74, 6) is 0. The molecule has 1 atom stereocenters. The summed E-state index contributed by atoms with van der Waals surface area (Å²) in [5, 5.41) is 8.56. The van der Waals surface area contributed by atoms with Crippen molar-refractivity contribution in [2.45, 2.75) is 6.04 Å². The minimum atomic E-state index is -0.113. The molecule has 0 aliphatic carbocycles. The van der Waals surface area contributed by atoms with Crippen LogP contribution in [-0.4, -0.2) is 13.7 Å². The Hall–Kier alpha value is -1.37. The van der Waals surface area contributed by atoms with Gasteiger partial charge in [0.25, 0.3) is 0 Å². The van der Waals surface area contributed by atoms with Crippen LogP contribution in [0.15, 0.2) is 24.3 Å². The molecule has 0 spiro atoms. The van der Waals surface area contributed by atoms with Gasteiger partial charge in [-0.25, -0.2) is 0 Å². The molecule has 3 heteroatoms. The lowest BCUT2D eigenvalue weighted by Crippen LogP contribution is -2.15. The Morgan fingerprint density at radius 2 is 2.08 bits per heavy atom. The van der Waals surface area contributed by atoms with Crippen molar-refractivity contribution in [2.24, 2.45) is 5.73 Å². The summed E-state index contributed by atoms with van der Waals surface area (Å²) >= 11 is 0. The highest BCUT2D eigenvalue weighted by Crippen LogP contribution is 2.11. The average Bonchev–Trinajstić information content (AvgIpc) is 2.18. The number of hydrogen-bond donors (Lipinski definition) is 1. The maximum atomic E-state index is 8.56. The van der Waals surface area contributed by atoms with Crippen LogP contribution in [0.4, 0.5) is 0 Å². The molecule has 0 aliphatic rings. The molecule has 1 aromatic carbocycles. The highest BCUT2D eigenvalue weighted by Gasteiger charge is 2.04. The van der Waals surface area contributed by atoms with E-state index in [0.29, 0.717) is 12.2 Å². The second kappa shape index (κ2) is 4.61. The molecule has 1 rings (SSSR count). The number of ether oxygens (including phenoxy) is 1. The molecule has 0 heterocycles. The monoisotopic (exact) mass is 176 g/mol. The molecule has 0 saturated carbocycles. The van der Waals surface area contributed by atoms with E-state index in [1.165, 1.54) is 0 Å². The van der Waals surface area contributed by atoms with Crippen LogP contribution in [-0.2, 0) is 4.74 Å². The summed E-state index contributed by atoms with van der Waals surface area (Å²) in [4.78, 5) is 0. The number of rotatable bonds is 3. The molecule has 1 aromatic rings. The van der Waals surface area contributed by atoms with E-state index in [-0.39, 0.29) is 6.04 Å². The number of benzene rings is 1. The fourth-order valence-corrected chi connectivity index (χ4v) is 1.08. The van der Waals surface area contributed by atoms with Crippen molar-refractivity contribution < 1.29 is 4.74 Å². The Kier molecular flexibility index (Phi) is 3.44. The van der Waals surface area contributed by atoms with Crippen LogP contribution in [0.1, 0.15) is 17.2 Å². The minimum absolute atomic E-state index is 0.113. The van der Waals surface area contributed by atoms with Crippen molar-refractivity contribution in [1.29, 1.82) is 5.26 Å². The fourth-order valence-electron chi connectivity index (χ4n) is 1.08. The first-order valence-electron chi connectivity index (χ1n) is 4.02. The lowest BCUT2D eigenvalue weighted by atomic mass is 10.1. The van der Waals surface area contributed by atoms with Gasteiger partial charge in [0.05, 0.1) is 24.3 Å². The van der Waals surface area contributed by atoms with Crippen LogP contribution in [0.3, 0.4) is 0 Å². The van der Waals surface area contributed by atoms with Crippen molar-refractivity contribution in [1.82, 2.24) is 0 Å². The van der Waals surface area contributed by atoms with E-state index in [4.69, 9.17) is 15.7 Å². The summed E-state index contributed by atoms with van der Waals surface area (Å²) < 4.78 is 4.92. The third-order valence-electron chi connectivity index (χ3n) is 1.81. The number of methoxy groups -OCH3 is 1. The standard InChI is InChI=1S/C10H12N2O/c1-13-7-10(12)9-4-2-8(6-11)3-5-9/h2-5,10H,7,12H2,1H3/t10-/m1/s1. The van der Waals surface area contributed by atoms with Crippen molar-refractivity contribution in [2.75, 3.05) is 13.7 Å². The van der Waals surface area contributed by atoms with E-state index < -0.39 is 0 Å². The largest absolute Gasteiger partial charge is 0.383 e. The molecule has 0 fully saturated rings. The summed E-state index contributed by atoms with van der Waals surface area (Å²) in [7, 11) is 1.61. The van der Waals surface area contributed by atoms with Gasteiger partial charge >= 0.3 is 0 Å². The Morgan fingerprint density at radius 3 is 2.54 bits per heavy atom. The van der Waals surface area contributed by atoms with Crippen molar-refractivity contribution in [3.63, 3.8) is 0 Å². The molecule has 0 unspecified atom stereocenters. The van der Waals surface area contributed by atoms with E-state index in [1.54, 1.807) is 19.2 Å². The SMILES string of the molecule is COC[C@@H](N)c1ccc(C#N)cc1. The maximum absolute atomic E-state index is 8.56. The molecule has 0 saturated heterocycles. The van der Waals surface area contributed by atoms with Gasteiger partial charge in [-0.15, -0.1) is 0 Å². The Labute approximate surface area is 77.7 Å². The van der Waals surface area contributed by atoms with Crippen LogP contribution in [0.25, 0.3) is 0 Å². The quantitative estimate of drug-likeness (QED) is 0.752. The Balaban J connectivity index is 2.75. The summed E-state index contributed by atoms with van der Waals surface area (Å²) in [5.41, 5.74) is 7.42. The highest BCUT2D eigenvalue weighted by molar-refractivity contribution is 5.32. The Bertz CT molecular complexity index is 300. The second-order valence-corrected chi connectivity index (χ2v) is 2.80. The van der Waals surface area contributed by atoms with E-state index in [2.05, 4.69) is 6.07 Å². The molecule has 68 valence electrons. The predicted molar refractivity (Wildman–Crippen MR) is 50.0 cm³/mol. The van der Waals surface area contributed by atoms with Gasteiger partial charge in [0.15, 0.2) is 0 Å². The van der Waals surface area contributed by atoms with Crippen LogP contribution in [0.5, 0.6) is 0 Å². The average molecular weight is 176 g/mol. The van der Waals surface area contributed by atoms with Gasteiger partial charge in [-0.05, 0) is 17.7 Å². The first-order chi connectivity index (χ1) is 6.27. The number of nitrogens with zero attached hydrogens (tertiary/aromatic N) is 1. The second-order valence-electron chi connectivity index (χ2n) is 2.80. The fraction of sp³-hybridized carbons (Fsp3) is 0.300. The molecule has 0 aromatic heterocycles. The molecule has 0 radical (unpaired) electrons. The predicted octanol–water partition coefficient (Wildman–Crippen LogP) is 1.20. The summed E-state index contributed by atoms with van der Waals surface area (Å²) in [6.45, 7) is 0.492. The third-order valence-corrected chi connectivity index (χ3v) is 1.81. The van der Waals surface area contributed by atoms with Gasteiger partial charge in [-0.3, -0.25) is 0 Å². The molecule has 2 N–H and O–H groups in total. The topological polar surface area (TPSA) is 59.0 Å². The normalized spacial score (nSPS) is 12.1. The zero-order valence-electron chi connectivity index (χ0n) is 7.53. The highest BCUT2D eigenvalue weighted by atomic mass is 16.5. The maximum Gasteiger partial charge on any atom is 0.0991 e. The molecular weight excluding hydrogens is 164 g/mol. The van der Waals surface area contributed by atoms with Crippen LogP contribution < -0.4 is 5.73 Å².